The zero-order valence-electron chi connectivity index (χ0n) is 51.3. The van der Waals surface area contributed by atoms with E-state index < -0.39 is 12.1 Å². The molecule has 4 heteroatoms. The van der Waals surface area contributed by atoms with Gasteiger partial charge in [0, 0.05) is 6.42 Å². The molecule has 0 fully saturated rings. The molecule has 0 aliphatic heterocycles. The Kier molecular flexibility index (Phi) is 65.6. The molecule has 2 unspecified atom stereocenters. The van der Waals surface area contributed by atoms with Crippen LogP contribution in [0.4, 0.5) is 0 Å². The smallest absolute Gasteiger partial charge is 0.220 e. The number of carbonyl (C=O) groups is 1. The second-order valence-electron chi connectivity index (χ2n) is 24.0. The van der Waals surface area contributed by atoms with Crippen LogP contribution in [0.15, 0.2) is 36.5 Å². The van der Waals surface area contributed by atoms with Crippen LogP contribution in [0.5, 0.6) is 0 Å². The molecule has 0 aromatic carbocycles. The highest BCUT2D eigenvalue weighted by Gasteiger charge is 2.20. The van der Waals surface area contributed by atoms with Gasteiger partial charge in [-0.25, -0.2) is 0 Å². The average molecular weight is 1050 g/mol. The lowest BCUT2D eigenvalue weighted by molar-refractivity contribution is -0.123. The van der Waals surface area contributed by atoms with Gasteiger partial charge in [-0.3, -0.25) is 4.79 Å². The van der Waals surface area contributed by atoms with Gasteiger partial charge in [0.2, 0.25) is 5.91 Å². The normalized spacial score (nSPS) is 12.9. The van der Waals surface area contributed by atoms with Crippen LogP contribution in [-0.2, 0) is 4.79 Å². The first-order valence-electron chi connectivity index (χ1n) is 34.7. The van der Waals surface area contributed by atoms with E-state index in [0.29, 0.717) is 12.8 Å². The molecule has 4 nitrogen and oxygen atoms in total. The Morgan fingerprint density at radius 3 is 0.813 bits per heavy atom. The van der Waals surface area contributed by atoms with Crippen LogP contribution in [0.3, 0.4) is 0 Å². The molecule has 0 saturated heterocycles. The molecular formula is C71H137NO3. The Bertz CT molecular complexity index is 1150. The lowest BCUT2D eigenvalue weighted by Crippen LogP contribution is -2.45. The summed E-state index contributed by atoms with van der Waals surface area (Å²) in [6, 6.07) is -0.538. The number of carbonyl (C=O) groups excluding carboxylic acids is 1. The molecule has 0 radical (unpaired) electrons. The van der Waals surface area contributed by atoms with Gasteiger partial charge in [0.1, 0.15) is 0 Å². The zero-order valence-corrected chi connectivity index (χ0v) is 51.3. The Morgan fingerprint density at radius 2 is 0.547 bits per heavy atom. The Morgan fingerprint density at radius 1 is 0.320 bits per heavy atom. The van der Waals surface area contributed by atoms with E-state index in [-0.39, 0.29) is 12.5 Å². The first kappa shape index (κ1) is 73.6. The third-order valence-electron chi connectivity index (χ3n) is 16.4. The molecule has 1 amide bonds. The molecule has 444 valence electrons. The summed E-state index contributed by atoms with van der Waals surface area (Å²) in [7, 11) is 0. The predicted octanol–water partition coefficient (Wildman–Crippen LogP) is 23.5. The van der Waals surface area contributed by atoms with Crippen molar-refractivity contribution in [2.45, 2.75) is 405 Å². The molecule has 75 heavy (non-hydrogen) atoms. The molecule has 0 saturated carbocycles. The highest BCUT2D eigenvalue weighted by Crippen LogP contribution is 2.19. The summed E-state index contributed by atoms with van der Waals surface area (Å²) < 4.78 is 0. The SMILES string of the molecule is CCCCCCC/C=C\C/C=C\C/C=C\CCCCCCCCCCCCCCCCCCC(=O)NC(CO)C(O)CCCCCCCCCCCCCCCCCCCCCCCCCCCCCCCCCC. The standard InChI is InChI=1S/C71H137NO3/c1-3-5-7-9-11-13-15-17-19-21-23-25-27-29-31-33-35-37-38-40-42-44-46-48-50-52-54-56-58-60-62-64-66-70(74)69(68-73)72-71(75)67-65-63-61-59-57-55-53-51-49-47-45-43-41-39-36-34-32-30-28-26-24-22-20-18-16-14-12-10-8-6-4-2/h16,18,22,24,28,30,69-70,73-74H,3-15,17,19-21,23,25-27,29,31-68H2,1-2H3,(H,72,75)/b18-16-,24-22-,30-28-. The number of hydrogen-bond acceptors (Lipinski definition) is 3. The van der Waals surface area contributed by atoms with Gasteiger partial charge in [0.25, 0.3) is 0 Å². The number of unbranched alkanes of at least 4 members (excludes halogenated alkanes) is 52. The number of rotatable bonds is 65. The third kappa shape index (κ3) is 63.3. The summed E-state index contributed by atoms with van der Waals surface area (Å²) in [5.74, 6) is -0.0246. The molecule has 0 aliphatic carbocycles. The molecule has 0 aliphatic rings. The van der Waals surface area contributed by atoms with Crippen LogP contribution < -0.4 is 5.32 Å². The van der Waals surface area contributed by atoms with Gasteiger partial charge in [-0.15, -0.1) is 0 Å². The van der Waals surface area contributed by atoms with Crippen LogP contribution in [0.25, 0.3) is 0 Å². The van der Waals surface area contributed by atoms with Crippen molar-refractivity contribution in [3.63, 3.8) is 0 Å². The van der Waals surface area contributed by atoms with E-state index in [1.807, 2.05) is 0 Å². The average Bonchev–Trinajstić information content (AvgIpc) is 3.41. The fourth-order valence-corrected chi connectivity index (χ4v) is 11.1. The minimum Gasteiger partial charge on any atom is -0.394 e. The molecule has 0 bridgehead atoms. The van der Waals surface area contributed by atoms with E-state index in [9.17, 15) is 15.0 Å². The van der Waals surface area contributed by atoms with Crippen molar-refractivity contribution in [3.8, 4) is 0 Å². The summed E-state index contributed by atoms with van der Waals surface area (Å²) in [5.41, 5.74) is 0. The number of nitrogens with one attached hydrogen (secondary N) is 1. The van der Waals surface area contributed by atoms with Gasteiger partial charge in [0.05, 0.1) is 18.8 Å². The fraction of sp³-hybridized carbons (Fsp3) is 0.901. The quantitative estimate of drug-likeness (QED) is 0.0420. The number of allylic oxidation sites excluding steroid dienone is 6. The first-order chi connectivity index (χ1) is 37.2. The first-order valence-corrected chi connectivity index (χ1v) is 34.7. The predicted molar refractivity (Wildman–Crippen MR) is 336 cm³/mol. The van der Waals surface area contributed by atoms with E-state index >= 15 is 0 Å². The van der Waals surface area contributed by atoms with Gasteiger partial charge in [0.15, 0.2) is 0 Å². The van der Waals surface area contributed by atoms with Crippen LogP contribution in [0, 0.1) is 0 Å². The van der Waals surface area contributed by atoms with E-state index in [1.54, 1.807) is 0 Å². The van der Waals surface area contributed by atoms with Crippen molar-refractivity contribution in [3.05, 3.63) is 36.5 Å². The van der Waals surface area contributed by atoms with E-state index in [2.05, 4.69) is 55.6 Å². The number of aliphatic hydroxyl groups is 2. The Balaban J connectivity index is 3.40. The molecule has 0 heterocycles. The van der Waals surface area contributed by atoms with E-state index in [0.717, 1.165) is 38.5 Å². The highest BCUT2D eigenvalue weighted by atomic mass is 16.3. The van der Waals surface area contributed by atoms with Crippen LogP contribution in [0.2, 0.25) is 0 Å². The molecular weight excluding hydrogens is 915 g/mol. The van der Waals surface area contributed by atoms with Crippen LogP contribution in [-0.4, -0.2) is 34.9 Å². The summed E-state index contributed by atoms with van der Waals surface area (Å²) >= 11 is 0. The van der Waals surface area contributed by atoms with Gasteiger partial charge >= 0.3 is 0 Å². The van der Waals surface area contributed by atoms with Gasteiger partial charge in [-0.1, -0.05) is 371 Å². The maximum atomic E-state index is 12.6. The van der Waals surface area contributed by atoms with Crippen LogP contribution in [0.1, 0.15) is 393 Å². The van der Waals surface area contributed by atoms with Crippen molar-refractivity contribution in [1.29, 1.82) is 0 Å². The lowest BCUT2D eigenvalue weighted by Gasteiger charge is -2.22. The minimum atomic E-state index is -0.661. The van der Waals surface area contributed by atoms with Crippen LogP contribution >= 0.6 is 0 Å². The Labute approximate surface area is 472 Å². The fourth-order valence-electron chi connectivity index (χ4n) is 11.1. The van der Waals surface area contributed by atoms with E-state index in [1.165, 1.54) is 327 Å². The van der Waals surface area contributed by atoms with Gasteiger partial charge < -0.3 is 15.5 Å². The second kappa shape index (κ2) is 66.9. The number of aliphatic hydroxyl groups excluding tert-OH is 2. The van der Waals surface area contributed by atoms with Crippen molar-refractivity contribution in [2.75, 3.05) is 6.61 Å². The largest absolute Gasteiger partial charge is 0.394 e. The second-order valence-corrected chi connectivity index (χ2v) is 24.0. The van der Waals surface area contributed by atoms with Crippen molar-refractivity contribution < 1.29 is 15.0 Å². The molecule has 0 rings (SSSR count). The zero-order chi connectivity index (χ0) is 54.1. The van der Waals surface area contributed by atoms with Gasteiger partial charge in [-0.05, 0) is 51.4 Å². The van der Waals surface area contributed by atoms with Crippen molar-refractivity contribution in [2.24, 2.45) is 0 Å². The summed E-state index contributed by atoms with van der Waals surface area (Å²) in [4.78, 5) is 12.6. The molecule has 0 aromatic rings. The molecule has 0 spiro atoms. The highest BCUT2D eigenvalue weighted by molar-refractivity contribution is 5.76. The van der Waals surface area contributed by atoms with E-state index in [4.69, 9.17) is 0 Å². The van der Waals surface area contributed by atoms with Gasteiger partial charge in [-0.2, -0.15) is 0 Å². The minimum absolute atomic E-state index is 0.0246. The van der Waals surface area contributed by atoms with Crippen molar-refractivity contribution in [1.82, 2.24) is 5.32 Å². The molecule has 0 aromatic heterocycles. The van der Waals surface area contributed by atoms with Crippen molar-refractivity contribution >= 4 is 5.91 Å². The summed E-state index contributed by atoms with van der Waals surface area (Å²) in [6.07, 6.45) is 92.0. The molecule has 3 N–H and O–H groups in total. The Hall–Kier alpha value is -1.39. The topological polar surface area (TPSA) is 69.6 Å². The maximum Gasteiger partial charge on any atom is 0.220 e. The number of amides is 1. The lowest BCUT2D eigenvalue weighted by atomic mass is 10.0. The molecule has 2 atom stereocenters. The monoisotopic (exact) mass is 1050 g/mol. The maximum absolute atomic E-state index is 12.6. The summed E-state index contributed by atoms with van der Waals surface area (Å²) in [5, 5.41) is 23.5. The third-order valence-corrected chi connectivity index (χ3v) is 16.4. The summed E-state index contributed by atoms with van der Waals surface area (Å²) in [6.45, 7) is 4.39. The number of hydrogen-bond donors (Lipinski definition) is 3.